The van der Waals surface area contributed by atoms with Crippen molar-refractivity contribution in [1.29, 1.82) is 0 Å². The van der Waals surface area contributed by atoms with Crippen molar-refractivity contribution in [2.75, 3.05) is 12.3 Å². The molecule has 0 radical (unpaired) electrons. The average Bonchev–Trinajstić information content (AvgIpc) is 2.58. The van der Waals surface area contributed by atoms with E-state index in [0.717, 1.165) is 36.1 Å². The Labute approximate surface area is 156 Å². The second-order valence-electron chi connectivity index (χ2n) is 6.46. The maximum Gasteiger partial charge on any atom is 0.471 e. The number of halogens is 3. The van der Waals surface area contributed by atoms with E-state index in [9.17, 15) is 22.2 Å². The number of hydrogen-bond donors (Lipinski definition) is 1. The molecule has 148 valence electrons. The van der Waals surface area contributed by atoms with Gasteiger partial charge in [-0.15, -0.1) is 0 Å². The first-order valence-corrected chi connectivity index (χ1v) is 10.4. The lowest BCUT2D eigenvalue weighted by Gasteiger charge is -2.15. The Hall–Kier alpha value is -1.37. The van der Waals surface area contributed by atoms with Crippen LogP contribution in [0.2, 0.25) is 0 Å². The van der Waals surface area contributed by atoms with Gasteiger partial charge < -0.3 is 5.32 Å². The fourth-order valence-electron chi connectivity index (χ4n) is 2.88. The third kappa shape index (κ3) is 8.34. The Morgan fingerprint density at radius 1 is 1.19 bits per heavy atom. The molecule has 0 fully saturated rings. The van der Waals surface area contributed by atoms with Crippen LogP contribution >= 0.6 is 0 Å². The standard InChI is InChI=1S/C19H28F3NO2S/c1-3-7-16(8-4-2)14-26(25)17-11-5-9-15(13-17)10-6-12-23-18(24)19(20,21)22/h5,9,11,13,16H,3-4,6-8,10,12,14H2,1-2H3,(H,23,24). The summed E-state index contributed by atoms with van der Waals surface area (Å²) in [6.45, 7) is 4.22. The lowest BCUT2D eigenvalue weighted by Crippen LogP contribution is -2.37. The number of aryl methyl sites for hydroxylation is 1. The van der Waals surface area contributed by atoms with E-state index in [1.807, 2.05) is 29.6 Å². The minimum atomic E-state index is -4.84. The number of benzene rings is 1. The van der Waals surface area contributed by atoms with Crippen LogP contribution in [0.5, 0.6) is 0 Å². The van der Waals surface area contributed by atoms with Crippen molar-refractivity contribution >= 4 is 16.7 Å². The molecule has 0 saturated heterocycles. The molecule has 1 unspecified atom stereocenters. The average molecular weight is 391 g/mol. The first-order chi connectivity index (χ1) is 12.3. The summed E-state index contributed by atoms with van der Waals surface area (Å²) in [5.41, 5.74) is 0.916. The van der Waals surface area contributed by atoms with Gasteiger partial charge >= 0.3 is 12.1 Å². The smallest absolute Gasteiger partial charge is 0.348 e. The Morgan fingerprint density at radius 3 is 2.42 bits per heavy atom. The molecule has 1 aromatic rings. The van der Waals surface area contributed by atoms with Crippen LogP contribution in [0.4, 0.5) is 13.2 Å². The molecule has 0 spiro atoms. The molecule has 3 nitrogen and oxygen atoms in total. The number of carbonyl (C=O) groups excluding carboxylic acids is 1. The van der Waals surface area contributed by atoms with Crippen LogP contribution in [0, 0.1) is 5.92 Å². The third-order valence-electron chi connectivity index (χ3n) is 4.13. The van der Waals surface area contributed by atoms with Crippen LogP contribution in [0.25, 0.3) is 0 Å². The van der Waals surface area contributed by atoms with Crippen molar-refractivity contribution in [3.05, 3.63) is 29.8 Å². The van der Waals surface area contributed by atoms with Crippen LogP contribution < -0.4 is 5.32 Å². The van der Waals surface area contributed by atoms with Gasteiger partial charge in [0.1, 0.15) is 0 Å². The number of amides is 1. The molecule has 1 N–H and O–H groups in total. The molecule has 0 bridgehead atoms. The molecule has 1 rings (SSSR count). The third-order valence-corrected chi connectivity index (χ3v) is 5.68. The van der Waals surface area contributed by atoms with E-state index < -0.39 is 22.9 Å². The molecule has 1 aromatic carbocycles. The molecule has 0 aliphatic carbocycles. The van der Waals surface area contributed by atoms with Crippen molar-refractivity contribution in [3.63, 3.8) is 0 Å². The monoisotopic (exact) mass is 391 g/mol. The molecule has 1 atom stereocenters. The SMILES string of the molecule is CCCC(CCC)CS(=O)c1cccc(CCCNC(=O)C(F)(F)F)c1. The zero-order valence-corrected chi connectivity index (χ0v) is 16.2. The highest BCUT2D eigenvalue weighted by molar-refractivity contribution is 7.85. The van der Waals surface area contributed by atoms with Gasteiger partial charge in [0.25, 0.3) is 0 Å². The summed E-state index contributed by atoms with van der Waals surface area (Å²) in [5, 5.41) is 1.86. The van der Waals surface area contributed by atoms with Gasteiger partial charge in [-0.2, -0.15) is 13.2 Å². The van der Waals surface area contributed by atoms with Crippen molar-refractivity contribution in [1.82, 2.24) is 5.32 Å². The first-order valence-electron chi connectivity index (χ1n) is 9.10. The Morgan fingerprint density at radius 2 is 1.85 bits per heavy atom. The summed E-state index contributed by atoms with van der Waals surface area (Å²) in [6, 6.07) is 7.38. The van der Waals surface area contributed by atoms with E-state index in [1.54, 1.807) is 0 Å². The van der Waals surface area contributed by atoms with Crippen LogP contribution in [-0.4, -0.2) is 28.6 Å². The summed E-state index contributed by atoms with van der Waals surface area (Å²) >= 11 is 0. The summed E-state index contributed by atoms with van der Waals surface area (Å²) < 4.78 is 48.9. The van der Waals surface area contributed by atoms with E-state index in [0.29, 0.717) is 24.5 Å². The molecule has 26 heavy (non-hydrogen) atoms. The van der Waals surface area contributed by atoms with Gasteiger partial charge in [0, 0.05) is 17.2 Å². The van der Waals surface area contributed by atoms with Crippen LogP contribution in [0.15, 0.2) is 29.2 Å². The number of rotatable bonds is 11. The topological polar surface area (TPSA) is 46.2 Å². The number of nitrogens with one attached hydrogen (secondary N) is 1. The molecule has 0 saturated carbocycles. The molecule has 0 aliphatic rings. The number of alkyl halides is 3. The Kier molecular flexibility index (Phi) is 9.91. The highest BCUT2D eigenvalue weighted by Gasteiger charge is 2.38. The fraction of sp³-hybridized carbons (Fsp3) is 0.632. The zero-order chi connectivity index (χ0) is 19.6. The Balaban J connectivity index is 2.53. The zero-order valence-electron chi connectivity index (χ0n) is 15.4. The highest BCUT2D eigenvalue weighted by Crippen LogP contribution is 2.19. The molecule has 0 aliphatic heterocycles. The number of carbonyl (C=O) groups is 1. The minimum Gasteiger partial charge on any atom is -0.348 e. The van der Waals surface area contributed by atoms with E-state index >= 15 is 0 Å². The molecule has 1 amide bonds. The number of hydrogen-bond acceptors (Lipinski definition) is 2. The molecule has 0 aromatic heterocycles. The quantitative estimate of drug-likeness (QED) is 0.560. The van der Waals surface area contributed by atoms with E-state index in [2.05, 4.69) is 13.8 Å². The van der Waals surface area contributed by atoms with Crippen LogP contribution in [-0.2, 0) is 22.0 Å². The predicted octanol–water partition coefficient (Wildman–Crippen LogP) is 4.62. The summed E-state index contributed by atoms with van der Waals surface area (Å²) in [5.74, 6) is -0.815. The van der Waals surface area contributed by atoms with Gasteiger partial charge in [-0.3, -0.25) is 9.00 Å². The van der Waals surface area contributed by atoms with Crippen LogP contribution in [0.1, 0.15) is 51.5 Å². The largest absolute Gasteiger partial charge is 0.471 e. The fourth-order valence-corrected chi connectivity index (χ4v) is 4.34. The van der Waals surface area contributed by atoms with E-state index in [1.165, 1.54) is 0 Å². The van der Waals surface area contributed by atoms with Crippen molar-refractivity contribution in [2.45, 2.75) is 63.4 Å². The summed E-state index contributed by atoms with van der Waals surface area (Å²) in [7, 11) is -1.07. The highest BCUT2D eigenvalue weighted by atomic mass is 32.2. The molecule has 7 heteroatoms. The van der Waals surface area contributed by atoms with Crippen LogP contribution in [0.3, 0.4) is 0 Å². The first kappa shape index (κ1) is 22.7. The van der Waals surface area contributed by atoms with Gasteiger partial charge in [0.05, 0.1) is 10.8 Å². The Bertz CT molecular complexity index is 584. The molecular weight excluding hydrogens is 363 g/mol. The summed E-state index contributed by atoms with van der Waals surface area (Å²) in [4.78, 5) is 11.5. The van der Waals surface area contributed by atoms with Crippen molar-refractivity contribution in [3.8, 4) is 0 Å². The van der Waals surface area contributed by atoms with E-state index in [-0.39, 0.29) is 6.54 Å². The lowest BCUT2D eigenvalue weighted by atomic mass is 10.0. The van der Waals surface area contributed by atoms with Gasteiger partial charge in [-0.1, -0.05) is 38.8 Å². The van der Waals surface area contributed by atoms with Gasteiger partial charge in [0.2, 0.25) is 0 Å². The molecule has 0 heterocycles. The predicted molar refractivity (Wildman–Crippen MR) is 98.4 cm³/mol. The second-order valence-corrected chi connectivity index (χ2v) is 7.96. The van der Waals surface area contributed by atoms with Gasteiger partial charge in [-0.05, 0) is 49.3 Å². The second kappa shape index (κ2) is 11.4. The van der Waals surface area contributed by atoms with Crippen molar-refractivity contribution < 1.29 is 22.2 Å². The molecular formula is C19H28F3NO2S. The van der Waals surface area contributed by atoms with Gasteiger partial charge in [0.15, 0.2) is 0 Å². The van der Waals surface area contributed by atoms with Gasteiger partial charge in [-0.25, -0.2) is 0 Å². The minimum absolute atomic E-state index is 0.0409. The lowest BCUT2D eigenvalue weighted by molar-refractivity contribution is -0.173. The normalized spacial score (nSPS) is 13.0. The maximum absolute atomic E-state index is 12.6. The van der Waals surface area contributed by atoms with E-state index in [4.69, 9.17) is 0 Å². The summed E-state index contributed by atoms with van der Waals surface area (Å²) in [6.07, 6.45) is 0.362. The maximum atomic E-state index is 12.6. The van der Waals surface area contributed by atoms with Crippen molar-refractivity contribution in [2.24, 2.45) is 5.92 Å².